The zero-order valence-electron chi connectivity index (χ0n) is 22.6. The summed E-state index contributed by atoms with van der Waals surface area (Å²) in [5, 5.41) is 3.09. The predicted molar refractivity (Wildman–Crippen MR) is 153 cm³/mol. The van der Waals surface area contributed by atoms with Crippen molar-refractivity contribution in [1.82, 2.24) is 10.2 Å². The van der Waals surface area contributed by atoms with Crippen molar-refractivity contribution in [2.75, 3.05) is 6.61 Å². The molecule has 196 valence electrons. The Kier molecular flexibility index (Phi) is 9.55. The molecule has 1 N–H and O–H groups in total. The molecule has 0 fully saturated rings. The molecule has 0 aromatic heterocycles. The monoisotopic (exact) mass is 564 g/mol. The van der Waals surface area contributed by atoms with Gasteiger partial charge in [-0.25, -0.2) is 0 Å². The number of rotatable bonds is 9. The van der Waals surface area contributed by atoms with E-state index in [-0.39, 0.29) is 25.0 Å². The van der Waals surface area contributed by atoms with Crippen molar-refractivity contribution in [2.45, 2.75) is 66.1 Å². The maximum atomic E-state index is 13.8. The van der Waals surface area contributed by atoms with Gasteiger partial charge in [-0.1, -0.05) is 64.5 Å². The second-order valence-corrected chi connectivity index (χ2v) is 11.5. The van der Waals surface area contributed by atoms with Gasteiger partial charge in [0.1, 0.15) is 11.8 Å². The summed E-state index contributed by atoms with van der Waals surface area (Å²) in [5.74, 6) is 0.248. The fourth-order valence-electron chi connectivity index (χ4n) is 4.21. The molecular weight excluding hydrogens is 528 g/mol. The van der Waals surface area contributed by atoms with E-state index in [4.69, 9.17) is 4.74 Å². The van der Waals surface area contributed by atoms with E-state index in [2.05, 4.69) is 27.3 Å². The third kappa shape index (κ3) is 8.46. The number of halogens is 1. The van der Waals surface area contributed by atoms with Crippen LogP contribution in [0.3, 0.4) is 0 Å². The van der Waals surface area contributed by atoms with E-state index >= 15 is 0 Å². The van der Waals surface area contributed by atoms with Crippen molar-refractivity contribution in [3.05, 3.63) is 99.0 Å². The van der Waals surface area contributed by atoms with E-state index in [9.17, 15) is 9.59 Å². The van der Waals surface area contributed by atoms with Gasteiger partial charge in [-0.05, 0) is 87.6 Å². The fourth-order valence-corrected chi connectivity index (χ4v) is 4.66. The van der Waals surface area contributed by atoms with Crippen molar-refractivity contribution < 1.29 is 14.3 Å². The molecule has 6 heteroatoms. The van der Waals surface area contributed by atoms with Gasteiger partial charge < -0.3 is 15.0 Å². The number of benzene rings is 3. The van der Waals surface area contributed by atoms with Gasteiger partial charge >= 0.3 is 0 Å². The molecule has 37 heavy (non-hydrogen) atoms. The normalized spacial score (nSPS) is 12.1. The Morgan fingerprint density at radius 1 is 0.946 bits per heavy atom. The number of nitrogens with zero attached hydrogens (tertiary/aromatic N) is 1. The van der Waals surface area contributed by atoms with Gasteiger partial charge in [-0.2, -0.15) is 0 Å². The number of amides is 2. The summed E-state index contributed by atoms with van der Waals surface area (Å²) in [6.07, 6.45) is 0.394. The lowest BCUT2D eigenvalue weighted by Crippen LogP contribution is -2.55. The van der Waals surface area contributed by atoms with Crippen LogP contribution in [0.5, 0.6) is 5.75 Å². The number of nitrogens with one attached hydrogen (secondary N) is 1. The molecule has 0 unspecified atom stereocenters. The molecule has 0 aliphatic carbocycles. The molecule has 0 aliphatic heterocycles. The highest BCUT2D eigenvalue weighted by molar-refractivity contribution is 9.10. The summed E-state index contributed by atoms with van der Waals surface area (Å²) in [6, 6.07) is 20.9. The number of hydrogen-bond acceptors (Lipinski definition) is 3. The predicted octanol–water partition coefficient (Wildman–Crippen LogP) is 6.31. The number of aryl methyl sites for hydroxylation is 2. The van der Waals surface area contributed by atoms with E-state index < -0.39 is 11.6 Å². The number of carbonyl (C=O) groups excluding carboxylic acids is 2. The average molecular weight is 566 g/mol. The molecule has 5 nitrogen and oxygen atoms in total. The summed E-state index contributed by atoms with van der Waals surface area (Å²) in [4.78, 5) is 29.1. The molecular formula is C31H37BrN2O3. The molecule has 0 spiro atoms. The quantitative estimate of drug-likeness (QED) is 0.331. The van der Waals surface area contributed by atoms with Gasteiger partial charge in [0, 0.05) is 23.0 Å². The Bertz CT molecular complexity index is 1230. The van der Waals surface area contributed by atoms with Crippen molar-refractivity contribution >= 4 is 27.7 Å². The molecule has 2 amide bonds. The van der Waals surface area contributed by atoms with Gasteiger partial charge in [-0.3, -0.25) is 9.59 Å². The molecule has 0 saturated heterocycles. The van der Waals surface area contributed by atoms with Crippen LogP contribution in [0, 0.1) is 20.8 Å². The van der Waals surface area contributed by atoms with E-state index in [0.29, 0.717) is 12.2 Å². The molecule has 0 bridgehead atoms. The lowest BCUT2D eigenvalue weighted by atomic mass is 10.0. The van der Waals surface area contributed by atoms with Crippen molar-refractivity contribution in [2.24, 2.45) is 0 Å². The lowest BCUT2D eigenvalue weighted by Gasteiger charge is -2.34. The third-order valence-electron chi connectivity index (χ3n) is 6.13. The minimum absolute atomic E-state index is 0.161. The minimum atomic E-state index is -0.711. The smallest absolute Gasteiger partial charge is 0.261 e. The number of ether oxygens (including phenoxy) is 1. The molecule has 1 atom stereocenters. The first-order valence-corrected chi connectivity index (χ1v) is 13.3. The Hall–Kier alpha value is -3.12. The highest BCUT2D eigenvalue weighted by atomic mass is 79.9. The van der Waals surface area contributed by atoms with Crippen LogP contribution in [0.1, 0.15) is 48.6 Å². The first kappa shape index (κ1) is 28.5. The standard InChI is InChI=1S/C31H37BrN2O3/c1-21-15-22(2)23(3)28(16-21)37-20-29(35)34(19-25-13-10-14-26(32)17-25)27(30(36)33-31(4,5)6)18-24-11-8-7-9-12-24/h7-17,27H,18-20H2,1-6H3,(H,33,36)/t27-/m1/s1. The largest absolute Gasteiger partial charge is 0.483 e. The molecule has 0 heterocycles. The maximum absolute atomic E-state index is 13.8. The zero-order chi connectivity index (χ0) is 27.2. The second kappa shape index (κ2) is 12.4. The zero-order valence-corrected chi connectivity index (χ0v) is 24.2. The van der Waals surface area contributed by atoms with Crippen molar-refractivity contribution in [3.63, 3.8) is 0 Å². The summed E-state index contributed by atoms with van der Waals surface area (Å²) in [6.45, 7) is 12.0. The van der Waals surface area contributed by atoms with Gasteiger partial charge in [0.05, 0.1) is 0 Å². The Labute approximate surface area is 229 Å². The summed E-state index contributed by atoms with van der Waals surface area (Å²) in [5.41, 5.74) is 4.65. The number of carbonyl (C=O) groups is 2. The molecule has 3 aromatic rings. The van der Waals surface area contributed by atoms with Gasteiger partial charge in [0.15, 0.2) is 6.61 Å². The van der Waals surface area contributed by atoms with Crippen LogP contribution in [0.4, 0.5) is 0 Å². The van der Waals surface area contributed by atoms with Gasteiger partial charge in [-0.15, -0.1) is 0 Å². The second-order valence-electron chi connectivity index (χ2n) is 10.6. The Balaban J connectivity index is 1.96. The van der Waals surface area contributed by atoms with Crippen molar-refractivity contribution in [1.29, 1.82) is 0 Å². The highest BCUT2D eigenvalue weighted by Crippen LogP contribution is 2.24. The van der Waals surface area contributed by atoms with Crippen LogP contribution < -0.4 is 10.1 Å². The van der Waals surface area contributed by atoms with E-state index in [1.54, 1.807) is 4.90 Å². The van der Waals surface area contributed by atoms with E-state index in [1.807, 2.05) is 102 Å². The summed E-state index contributed by atoms with van der Waals surface area (Å²) < 4.78 is 6.97. The van der Waals surface area contributed by atoms with Crippen molar-refractivity contribution in [3.8, 4) is 5.75 Å². The van der Waals surface area contributed by atoms with Gasteiger partial charge in [0.25, 0.3) is 5.91 Å². The topological polar surface area (TPSA) is 58.6 Å². The Morgan fingerprint density at radius 3 is 2.27 bits per heavy atom. The fraction of sp³-hybridized carbons (Fsp3) is 0.355. The first-order valence-electron chi connectivity index (χ1n) is 12.5. The average Bonchev–Trinajstić information content (AvgIpc) is 2.82. The molecule has 0 aliphatic rings. The van der Waals surface area contributed by atoms with Crippen LogP contribution in [0.25, 0.3) is 0 Å². The van der Waals surface area contributed by atoms with Crippen LogP contribution in [0.15, 0.2) is 71.2 Å². The van der Waals surface area contributed by atoms with Crippen LogP contribution >= 0.6 is 15.9 Å². The van der Waals surface area contributed by atoms with Crippen LogP contribution in [-0.2, 0) is 22.6 Å². The van der Waals surface area contributed by atoms with Gasteiger partial charge in [0.2, 0.25) is 5.91 Å². The molecule has 0 saturated carbocycles. The minimum Gasteiger partial charge on any atom is -0.483 e. The molecule has 0 radical (unpaired) electrons. The Morgan fingerprint density at radius 2 is 1.62 bits per heavy atom. The lowest BCUT2D eigenvalue weighted by molar-refractivity contribution is -0.143. The summed E-state index contributed by atoms with van der Waals surface area (Å²) in [7, 11) is 0. The van der Waals surface area contributed by atoms with Crippen LogP contribution in [0.2, 0.25) is 0 Å². The third-order valence-corrected chi connectivity index (χ3v) is 6.62. The van der Waals surface area contributed by atoms with E-state index in [0.717, 1.165) is 32.3 Å². The summed E-state index contributed by atoms with van der Waals surface area (Å²) >= 11 is 3.52. The SMILES string of the molecule is Cc1cc(C)c(C)c(OCC(=O)N(Cc2cccc(Br)c2)[C@H](Cc2ccccc2)C(=O)NC(C)(C)C)c1. The van der Waals surface area contributed by atoms with E-state index in [1.165, 1.54) is 0 Å². The number of hydrogen-bond donors (Lipinski definition) is 1. The van der Waals surface area contributed by atoms with Crippen LogP contribution in [-0.4, -0.2) is 34.9 Å². The highest BCUT2D eigenvalue weighted by Gasteiger charge is 2.32. The molecule has 3 rings (SSSR count). The maximum Gasteiger partial charge on any atom is 0.261 e. The molecule has 3 aromatic carbocycles. The first-order chi connectivity index (χ1) is 17.4.